The van der Waals surface area contributed by atoms with Crippen LogP contribution >= 0.6 is 15.9 Å². The van der Waals surface area contributed by atoms with Crippen LogP contribution < -0.4 is 5.32 Å². The van der Waals surface area contributed by atoms with Crippen LogP contribution in [0.25, 0.3) is 11.5 Å². The minimum absolute atomic E-state index is 0.581. The molecule has 1 heterocycles. The zero-order valence-corrected chi connectivity index (χ0v) is 11.2. The molecule has 17 heavy (non-hydrogen) atoms. The van der Waals surface area contributed by atoms with Crippen molar-refractivity contribution in [1.29, 1.82) is 0 Å². The zero-order valence-electron chi connectivity index (χ0n) is 9.61. The van der Waals surface area contributed by atoms with Crippen LogP contribution in [0, 0.1) is 0 Å². The van der Waals surface area contributed by atoms with Gasteiger partial charge in [-0.2, -0.15) is 4.98 Å². The third kappa shape index (κ3) is 3.38. The van der Waals surface area contributed by atoms with E-state index in [0.29, 0.717) is 5.89 Å². The van der Waals surface area contributed by atoms with E-state index in [-0.39, 0.29) is 0 Å². The Bertz CT molecular complexity index is 467. The molecule has 2 rings (SSSR count). The number of hydrogen-bond donors (Lipinski definition) is 1. The van der Waals surface area contributed by atoms with Gasteiger partial charge in [-0.3, -0.25) is 0 Å². The molecule has 90 valence electrons. The second-order valence-electron chi connectivity index (χ2n) is 3.73. The van der Waals surface area contributed by atoms with Crippen LogP contribution in [0.1, 0.15) is 12.2 Å². The molecule has 0 aliphatic rings. The van der Waals surface area contributed by atoms with Crippen LogP contribution in [0.15, 0.2) is 33.3 Å². The summed E-state index contributed by atoms with van der Waals surface area (Å²) in [6.07, 6.45) is 1.84. The standard InChI is InChI=1S/C12H14BrN3O/c1-14-8-2-3-11-15-12(17-16-11)9-4-6-10(13)7-5-9/h4-7,14H,2-3,8H2,1H3. The van der Waals surface area contributed by atoms with Gasteiger partial charge >= 0.3 is 0 Å². The molecule has 0 unspecified atom stereocenters. The maximum absolute atomic E-state index is 5.22. The maximum Gasteiger partial charge on any atom is 0.257 e. The molecule has 0 atom stereocenters. The quantitative estimate of drug-likeness (QED) is 0.862. The Hall–Kier alpha value is -1.20. The van der Waals surface area contributed by atoms with Gasteiger partial charge < -0.3 is 9.84 Å². The number of nitrogens with zero attached hydrogens (tertiary/aromatic N) is 2. The number of benzene rings is 1. The van der Waals surface area contributed by atoms with Crippen LogP contribution in [0.2, 0.25) is 0 Å². The van der Waals surface area contributed by atoms with Crippen molar-refractivity contribution in [3.05, 3.63) is 34.6 Å². The van der Waals surface area contributed by atoms with E-state index in [0.717, 1.165) is 35.2 Å². The monoisotopic (exact) mass is 295 g/mol. The van der Waals surface area contributed by atoms with Gasteiger partial charge in [0.25, 0.3) is 5.89 Å². The first-order valence-corrected chi connectivity index (χ1v) is 6.32. The van der Waals surface area contributed by atoms with Crippen molar-refractivity contribution in [1.82, 2.24) is 15.5 Å². The molecule has 1 aromatic heterocycles. The van der Waals surface area contributed by atoms with Crippen molar-refractivity contribution in [2.24, 2.45) is 0 Å². The van der Waals surface area contributed by atoms with Crippen LogP contribution in [-0.2, 0) is 6.42 Å². The van der Waals surface area contributed by atoms with E-state index < -0.39 is 0 Å². The highest BCUT2D eigenvalue weighted by molar-refractivity contribution is 9.10. The van der Waals surface area contributed by atoms with Crippen LogP contribution in [-0.4, -0.2) is 23.7 Å². The number of hydrogen-bond acceptors (Lipinski definition) is 4. The summed E-state index contributed by atoms with van der Waals surface area (Å²) in [5.41, 5.74) is 0.945. The average Bonchev–Trinajstić information content (AvgIpc) is 2.79. The van der Waals surface area contributed by atoms with Gasteiger partial charge in [0.15, 0.2) is 5.82 Å². The average molecular weight is 296 g/mol. The summed E-state index contributed by atoms with van der Waals surface area (Å²) in [6, 6.07) is 7.82. The minimum atomic E-state index is 0.581. The van der Waals surface area contributed by atoms with Crippen molar-refractivity contribution < 1.29 is 4.52 Å². The molecule has 2 aromatic rings. The molecule has 0 bridgehead atoms. The summed E-state index contributed by atoms with van der Waals surface area (Å²) in [7, 11) is 1.93. The predicted molar refractivity (Wildman–Crippen MR) is 69.7 cm³/mol. The lowest BCUT2D eigenvalue weighted by Gasteiger charge is -1.94. The number of nitrogens with one attached hydrogen (secondary N) is 1. The van der Waals surface area contributed by atoms with E-state index in [1.165, 1.54) is 0 Å². The topological polar surface area (TPSA) is 51.0 Å². The first-order chi connectivity index (χ1) is 8.29. The normalized spacial score (nSPS) is 10.7. The second kappa shape index (κ2) is 5.93. The Morgan fingerprint density at radius 1 is 1.29 bits per heavy atom. The van der Waals surface area contributed by atoms with E-state index >= 15 is 0 Å². The molecule has 5 heteroatoms. The molecule has 0 spiro atoms. The fourth-order valence-corrected chi connectivity index (χ4v) is 1.75. The van der Waals surface area contributed by atoms with Crippen molar-refractivity contribution in [2.45, 2.75) is 12.8 Å². The van der Waals surface area contributed by atoms with Crippen molar-refractivity contribution in [3.8, 4) is 11.5 Å². The highest BCUT2D eigenvalue weighted by Gasteiger charge is 2.07. The van der Waals surface area contributed by atoms with Crippen molar-refractivity contribution in [2.75, 3.05) is 13.6 Å². The number of halogens is 1. The van der Waals surface area contributed by atoms with Crippen molar-refractivity contribution >= 4 is 15.9 Å². The lowest BCUT2D eigenvalue weighted by atomic mass is 10.2. The molecule has 0 saturated heterocycles. The highest BCUT2D eigenvalue weighted by atomic mass is 79.9. The summed E-state index contributed by atoms with van der Waals surface area (Å²) in [4.78, 5) is 4.36. The fraction of sp³-hybridized carbons (Fsp3) is 0.333. The third-order valence-electron chi connectivity index (χ3n) is 2.39. The van der Waals surface area contributed by atoms with Crippen LogP contribution in [0.3, 0.4) is 0 Å². The SMILES string of the molecule is CNCCCc1noc(-c2ccc(Br)cc2)n1. The molecule has 0 fully saturated rings. The summed E-state index contributed by atoms with van der Waals surface area (Å²) in [5.74, 6) is 1.34. The minimum Gasteiger partial charge on any atom is -0.334 e. The lowest BCUT2D eigenvalue weighted by molar-refractivity contribution is 0.421. The Balaban J connectivity index is 2.04. The van der Waals surface area contributed by atoms with Gasteiger partial charge in [-0.1, -0.05) is 21.1 Å². The zero-order chi connectivity index (χ0) is 12.1. The first kappa shape index (κ1) is 12.3. The van der Waals surface area contributed by atoms with Gasteiger partial charge in [-0.15, -0.1) is 0 Å². The van der Waals surface area contributed by atoms with Gasteiger partial charge in [0.1, 0.15) is 0 Å². The molecule has 1 N–H and O–H groups in total. The van der Waals surface area contributed by atoms with Crippen LogP contribution in [0.5, 0.6) is 0 Å². The molecule has 4 nitrogen and oxygen atoms in total. The predicted octanol–water partition coefficient (Wildman–Crippen LogP) is 2.65. The van der Waals surface area contributed by atoms with E-state index in [2.05, 4.69) is 31.4 Å². The highest BCUT2D eigenvalue weighted by Crippen LogP contribution is 2.20. The van der Waals surface area contributed by atoms with Gasteiger partial charge in [0, 0.05) is 16.5 Å². The van der Waals surface area contributed by atoms with E-state index in [4.69, 9.17) is 4.52 Å². The second-order valence-corrected chi connectivity index (χ2v) is 4.65. The molecule has 0 aliphatic carbocycles. The largest absolute Gasteiger partial charge is 0.334 e. The molecule has 0 radical (unpaired) electrons. The van der Waals surface area contributed by atoms with Gasteiger partial charge in [-0.05, 0) is 44.3 Å². The summed E-state index contributed by atoms with van der Waals surface area (Å²) in [5, 5.41) is 7.05. The molecular formula is C12H14BrN3O. The maximum atomic E-state index is 5.22. The molecule has 0 aliphatic heterocycles. The van der Waals surface area contributed by atoms with Crippen LogP contribution in [0.4, 0.5) is 0 Å². The number of aromatic nitrogens is 2. The fourth-order valence-electron chi connectivity index (χ4n) is 1.49. The van der Waals surface area contributed by atoms with E-state index in [1.807, 2.05) is 31.3 Å². The Labute approximate surface area is 109 Å². The lowest BCUT2D eigenvalue weighted by Crippen LogP contribution is -2.08. The van der Waals surface area contributed by atoms with E-state index in [9.17, 15) is 0 Å². The Kier molecular flexibility index (Phi) is 4.28. The van der Waals surface area contributed by atoms with Gasteiger partial charge in [0.05, 0.1) is 0 Å². The Morgan fingerprint density at radius 3 is 2.76 bits per heavy atom. The van der Waals surface area contributed by atoms with Gasteiger partial charge in [-0.25, -0.2) is 0 Å². The first-order valence-electron chi connectivity index (χ1n) is 5.52. The Morgan fingerprint density at radius 2 is 2.06 bits per heavy atom. The summed E-state index contributed by atoms with van der Waals surface area (Å²) in [6.45, 7) is 0.960. The van der Waals surface area contributed by atoms with E-state index in [1.54, 1.807) is 0 Å². The molecule has 0 amide bonds. The van der Waals surface area contributed by atoms with Gasteiger partial charge in [0.2, 0.25) is 0 Å². The molecule has 0 saturated carbocycles. The summed E-state index contributed by atoms with van der Waals surface area (Å²) >= 11 is 3.39. The number of rotatable bonds is 5. The molecular weight excluding hydrogens is 282 g/mol. The summed E-state index contributed by atoms with van der Waals surface area (Å²) < 4.78 is 6.26. The third-order valence-corrected chi connectivity index (χ3v) is 2.92. The number of aryl methyl sites for hydroxylation is 1. The smallest absolute Gasteiger partial charge is 0.257 e. The molecule has 1 aromatic carbocycles. The van der Waals surface area contributed by atoms with Crippen molar-refractivity contribution in [3.63, 3.8) is 0 Å².